The minimum atomic E-state index is -0.330. The highest BCUT2D eigenvalue weighted by Gasteiger charge is 2.47. The fraction of sp³-hybridized carbons (Fsp3) is 0.529. The van der Waals surface area contributed by atoms with Crippen molar-refractivity contribution in [2.45, 2.75) is 44.1 Å². The molecule has 3 rings (SSSR count). The molecule has 0 bridgehead atoms. The Morgan fingerprint density at radius 1 is 1.27 bits per heavy atom. The van der Waals surface area contributed by atoms with Gasteiger partial charge in [-0.25, -0.2) is 0 Å². The van der Waals surface area contributed by atoms with E-state index in [0.717, 1.165) is 42.8 Å². The SMILES string of the molecule is NC(=O)C[C@@H]1CCCCN1C(=O)[C@H]1C[C@@H]1c1ccccc1Cl. The first kappa shape index (κ1) is 15.3. The standard InChI is InChI=1S/C17H21ClN2O2/c18-15-7-2-1-6-12(15)13-10-14(13)17(22)20-8-4-3-5-11(20)9-16(19)21/h1-2,6-7,11,13-14H,3-5,8-10H2,(H2,19,21)/t11-,13+,14-/m0/s1. The van der Waals surface area contributed by atoms with Crippen LogP contribution in [0.25, 0.3) is 0 Å². The Balaban J connectivity index is 1.69. The van der Waals surface area contributed by atoms with Crippen LogP contribution < -0.4 is 5.73 Å². The summed E-state index contributed by atoms with van der Waals surface area (Å²) in [4.78, 5) is 25.9. The van der Waals surface area contributed by atoms with E-state index in [1.54, 1.807) is 0 Å². The fourth-order valence-corrected chi connectivity index (χ4v) is 3.81. The summed E-state index contributed by atoms with van der Waals surface area (Å²) < 4.78 is 0. The molecular formula is C17H21ClN2O2. The zero-order chi connectivity index (χ0) is 15.7. The lowest BCUT2D eigenvalue weighted by molar-refractivity contribution is -0.137. The summed E-state index contributed by atoms with van der Waals surface area (Å²) in [6.07, 6.45) is 4.06. The molecule has 2 N–H and O–H groups in total. The van der Waals surface area contributed by atoms with Gasteiger partial charge in [0.1, 0.15) is 0 Å². The number of nitrogens with two attached hydrogens (primary N) is 1. The summed E-state index contributed by atoms with van der Waals surface area (Å²) in [7, 11) is 0. The molecule has 1 aromatic rings. The summed E-state index contributed by atoms with van der Waals surface area (Å²) in [5.41, 5.74) is 6.38. The maximum Gasteiger partial charge on any atom is 0.226 e. The number of primary amides is 1. The van der Waals surface area contributed by atoms with Crippen LogP contribution in [0.15, 0.2) is 24.3 Å². The van der Waals surface area contributed by atoms with Crippen LogP contribution in [-0.2, 0) is 9.59 Å². The van der Waals surface area contributed by atoms with Gasteiger partial charge in [-0.1, -0.05) is 29.8 Å². The van der Waals surface area contributed by atoms with Gasteiger partial charge in [0.15, 0.2) is 0 Å². The quantitative estimate of drug-likeness (QED) is 0.927. The Morgan fingerprint density at radius 3 is 2.77 bits per heavy atom. The zero-order valence-electron chi connectivity index (χ0n) is 12.5. The molecule has 0 unspecified atom stereocenters. The average Bonchev–Trinajstić information content (AvgIpc) is 3.27. The van der Waals surface area contributed by atoms with Gasteiger partial charge in [-0.05, 0) is 43.2 Å². The number of rotatable bonds is 4. The first-order valence-corrected chi connectivity index (χ1v) is 8.29. The van der Waals surface area contributed by atoms with Crippen LogP contribution in [0.3, 0.4) is 0 Å². The Hall–Kier alpha value is -1.55. The molecule has 1 heterocycles. The molecule has 1 saturated carbocycles. The monoisotopic (exact) mass is 320 g/mol. The number of amides is 2. The van der Waals surface area contributed by atoms with Gasteiger partial charge in [0.05, 0.1) is 0 Å². The number of carbonyl (C=O) groups excluding carboxylic acids is 2. The van der Waals surface area contributed by atoms with Crippen molar-refractivity contribution in [1.29, 1.82) is 0 Å². The molecule has 2 amide bonds. The van der Waals surface area contributed by atoms with Crippen molar-refractivity contribution in [3.05, 3.63) is 34.9 Å². The lowest BCUT2D eigenvalue weighted by atomic mass is 9.98. The Morgan fingerprint density at radius 2 is 2.05 bits per heavy atom. The van der Waals surface area contributed by atoms with E-state index in [0.29, 0.717) is 0 Å². The van der Waals surface area contributed by atoms with Crippen molar-refractivity contribution in [3.8, 4) is 0 Å². The molecule has 2 fully saturated rings. The summed E-state index contributed by atoms with van der Waals surface area (Å²) in [6, 6.07) is 7.70. The molecule has 1 aliphatic heterocycles. The van der Waals surface area contributed by atoms with Crippen molar-refractivity contribution in [2.75, 3.05) is 6.54 Å². The van der Waals surface area contributed by atoms with Crippen molar-refractivity contribution in [1.82, 2.24) is 4.90 Å². The number of nitrogens with zero attached hydrogens (tertiary/aromatic N) is 1. The number of halogens is 1. The van der Waals surface area contributed by atoms with Gasteiger partial charge < -0.3 is 10.6 Å². The first-order valence-electron chi connectivity index (χ1n) is 7.91. The number of likely N-dealkylation sites (tertiary alicyclic amines) is 1. The number of hydrogen-bond donors (Lipinski definition) is 1. The fourth-order valence-electron chi connectivity index (χ4n) is 3.54. The number of benzene rings is 1. The van der Waals surface area contributed by atoms with E-state index in [1.165, 1.54) is 0 Å². The average molecular weight is 321 g/mol. The highest BCUT2D eigenvalue weighted by Crippen LogP contribution is 2.50. The van der Waals surface area contributed by atoms with E-state index in [2.05, 4.69) is 0 Å². The first-order chi connectivity index (χ1) is 10.6. The smallest absolute Gasteiger partial charge is 0.226 e. The van der Waals surface area contributed by atoms with Crippen molar-refractivity contribution >= 4 is 23.4 Å². The topological polar surface area (TPSA) is 63.4 Å². The second-order valence-electron chi connectivity index (χ2n) is 6.32. The molecule has 3 atom stereocenters. The van der Waals surface area contributed by atoms with E-state index in [-0.39, 0.29) is 36.1 Å². The summed E-state index contributed by atoms with van der Waals surface area (Å²) in [5, 5.41) is 0.732. The second-order valence-corrected chi connectivity index (χ2v) is 6.73. The Kier molecular flexibility index (Phi) is 4.39. The predicted octanol–water partition coefficient (Wildman–Crippen LogP) is 2.70. The minimum Gasteiger partial charge on any atom is -0.370 e. The van der Waals surface area contributed by atoms with Crippen LogP contribution in [0.5, 0.6) is 0 Å². The van der Waals surface area contributed by atoms with E-state index in [4.69, 9.17) is 17.3 Å². The maximum absolute atomic E-state index is 12.8. The van der Waals surface area contributed by atoms with Gasteiger partial charge >= 0.3 is 0 Å². The molecule has 1 aliphatic carbocycles. The van der Waals surface area contributed by atoms with Gasteiger partial charge in [0.25, 0.3) is 0 Å². The molecule has 118 valence electrons. The third-order valence-corrected chi connectivity index (χ3v) is 5.10. The largest absolute Gasteiger partial charge is 0.370 e. The molecule has 1 aromatic carbocycles. The van der Waals surface area contributed by atoms with Gasteiger partial charge in [-0.3, -0.25) is 9.59 Å². The second kappa shape index (κ2) is 6.29. The molecule has 2 aliphatic rings. The molecule has 0 aromatic heterocycles. The summed E-state index contributed by atoms with van der Waals surface area (Å²) >= 11 is 6.23. The predicted molar refractivity (Wildman–Crippen MR) is 85.5 cm³/mol. The van der Waals surface area contributed by atoms with Crippen molar-refractivity contribution < 1.29 is 9.59 Å². The Bertz CT molecular complexity index is 590. The zero-order valence-corrected chi connectivity index (χ0v) is 13.3. The van der Waals surface area contributed by atoms with Crippen molar-refractivity contribution in [3.63, 3.8) is 0 Å². The summed E-state index contributed by atoms with van der Waals surface area (Å²) in [5.74, 6) is 0.0600. The van der Waals surface area contributed by atoms with E-state index < -0.39 is 0 Å². The van der Waals surface area contributed by atoms with Crippen LogP contribution in [0, 0.1) is 5.92 Å². The molecule has 0 radical (unpaired) electrons. The lowest BCUT2D eigenvalue weighted by Gasteiger charge is -2.35. The number of carbonyl (C=O) groups is 2. The highest BCUT2D eigenvalue weighted by molar-refractivity contribution is 6.31. The maximum atomic E-state index is 12.8. The third kappa shape index (κ3) is 3.12. The van der Waals surface area contributed by atoms with Crippen LogP contribution in [-0.4, -0.2) is 29.3 Å². The molecule has 0 spiro atoms. The van der Waals surface area contributed by atoms with Gasteiger partial charge in [0.2, 0.25) is 11.8 Å². The molecule has 22 heavy (non-hydrogen) atoms. The van der Waals surface area contributed by atoms with Crippen LogP contribution in [0.4, 0.5) is 0 Å². The van der Waals surface area contributed by atoms with E-state index in [9.17, 15) is 9.59 Å². The summed E-state index contributed by atoms with van der Waals surface area (Å²) in [6.45, 7) is 0.739. The molecular weight excluding hydrogens is 300 g/mol. The minimum absolute atomic E-state index is 0.00776. The van der Waals surface area contributed by atoms with E-state index >= 15 is 0 Å². The van der Waals surface area contributed by atoms with Gasteiger partial charge in [-0.2, -0.15) is 0 Å². The van der Waals surface area contributed by atoms with Gasteiger partial charge in [0, 0.05) is 29.9 Å². The highest BCUT2D eigenvalue weighted by atomic mass is 35.5. The normalized spacial score (nSPS) is 27.5. The molecule has 1 saturated heterocycles. The van der Waals surface area contributed by atoms with E-state index in [1.807, 2.05) is 29.2 Å². The molecule has 4 nitrogen and oxygen atoms in total. The molecule has 5 heteroatoms. The van der Waals surface area contributed by atoms with Gasteiger partial charge in [-0.15, -0.1) is 0 Å². The third-order valence-electron chi connectivity index (χ3n) is 4.76. The number of hydrogen-bond acceptors (Lipinski definition) is 2. The Labute approximate surface area is 135 Å². The van der Waals surface area contributed by atoms with Crippen molar-refractivity contribution in [2.24, 2.45) is 11.7 Å². The van der Waals surface area contributed by atoms with Crippen LogP contribution in [0.1, 0.15) is 43.6 Å². The number of piperidine rings is 1. The lowest BCUT2D eigenvalue weighted by Crippen LogP contribution is -2.46. The van der Waals surface area contributed by atoms with Crippen LogP contribution in [0.2, 0.25) is 5.02 Å². The van der Waals surface area contributed by atoms with Crippen LogP contribution >= 0.6 is 11.6 Å².